The molecule has 0 unspecified atom stereocenters. The second-order valence-corrected chi connectivity index (χ2v) is 9.96. The van der Waals surface area contributed by atoms with Crippen molar-refractivity contribution in [3.8, 4) is 0 Å². The fraction of sp³-hybridized carbons (Fsp3) is 0.933. The summed E-state index contributed by atoms with van der Waals surface area (Å²) < 4.78 is 21.5. The van der Waals surface area contributed by atoms with Gasteiger partial charge in [0.25, 0.3) is 0 Å². The summed E-state index contributed by atoms with van der Waals surface area (Å²) in [5, 5.41) is 8.54. The lowest BCUT2D eigenvalue weighted by Gasteiger charge is -2.08. The largest absolute Gasteiger partial charge is 0.481 e. The monoisotopic (exact) mass is 530 g/mol. The first-order valence-corrected chi connectivity index (χ1v) is 15.3. The number of carboxylic acids is 1. The number of aliphatic carboxylic acids is 1. The number of ether oxygens (including phenoxy) is 4. The van der Waals surface area contributed by atoms with E-state index in [-0.39, 0.29) is 25.4 Å². The molecule has 0 radical (unpaired) electrons. The molecule has 0 saturated carbocycles. The summed E-state index contributed by atoms with van der Waals surface area (Å²) in [5.74, 6) is -1.15. The van der Waals surface area contributed by atoms with Crippen molar-refractivity contribution in [2.24, 2.45) is 0 Å². The molecule has 0 heterocycles. The minimum Gasteiger partial charge on any atom is -0.481 e. The summed E-state index contributed by atoms with van der Waals surface area (Å²) in [6.07, 6.45) is 23.4. The van der Waals surface area contributed by atoms with E-state index < -0.39 is 5.97 Å². The van der Waals surface area contributed by atoms with Gasteiger partial charge in [-0.15, -0.1) is 0 Å². The Bertz CT molecular complexity index is 485. The van der Waals surface area contributed by atoms with Crippen molar-refractivity contribution in [2.45, 2.75) is 135 Å². The molecule has 37 heavy (non-hydrogen) atoms. The zero-order valence-corrected chi connectivity index (χ0v) is 24.0. The molecule has 0 fully saturated rings. The molecule has 0 saturated heterocycles. The van der Waals surface area contributed by atoms with Crippen LogP contribution in [-0.2, 0) is 28.5 Å². The van der Waals surface area contributed by atoms with Gasteiger partial charge in [-0.05, 0) is 19.3 Å². The van der Waals surface area contributed by atoms with Crippen molar-refractivity contribution >= 4 is 11.9 Å². The smallest absolute Gasteiger partial charge is 0.305 e. The van der Waals surface area contributed by atoms with Crippen molar-refractivity contribution < 1.29 is 33.6 Å². The first-order chi connectivity index (χ1) is 18.2. The fourth-order valence-electron chi connectivity index (χ4n) is 4.13. The highest BCUT2D eigenvalue weighted by Gasteiger charge is 2.04. The summed E-state index contributed by atoms with van der Waals surface area (Å²) in [6.45, 7) is 5.74. The van der Waals surface area contributed by atoms with Crippen molar-refractivity contribution in [2.75, 3.05) is 46.2 Å². The number of hydrogen-bond acceptors (Lipinski definition) is 6. The third kappa shape index (κ3) is 32.8. The molecule has 0 aromatic rings. The number of carbonyl (C=O) groups excluding carboxylic acids is 1. The van der Waals surface area contributed by atoms with E-state index in [0.717, 1.165) is 13.0 Å². The number of unbranched alkanes of at least 4 members (excludes halogenated alkanes) is 16. The molecule has 7 heteroatoms. The van der Waals surface area contributed by atoms with E-state index in [4.69, 9.17) is 24.1 Å². The number of esters is 1. The first-order valence-electron chi connectivity index (χ1n) is 15.3. The van der Waals surface area contributed by atoms with E-state index in [2.05, 4.69) is 6.92 Å². The number of rotatable bonds is 31. The molecule has 0 spiro atoms. The molecule has 0 aliphatic heterocycles. The van der Waals surface area contributed by atoms with Crippen LogP contribution in [0.3, 0.4) is 0 Å². The van der Waals surface area contributed by atoms with Gasteiger partial charge in [0, 0.05) is 19.4 Å². The lowest BCUT2D eigenvalue weighted by molar-refractivity contribution is -0.146. The second kappa shape index (κ2) is 31.0. The Hall–Kier alpha value is -1.18. The van der Waals surface area contributed by atoms with Crippen LogP contribution in [0.4, 0.5) is 0 Å². The summed E-state index contributed by atoms with van der Waals surface area (Å²) >= 11 is 0. The number of carboxylic acid groups (broad SMARTS) is 1. The van der Waals surface area contributed by atoms with E-state index in [1.807, 2.05) is 0 Å². The molecule has 1 N–H and O–H groups in total. The van der Waals surface area contributed by atoms with Crippen molar-refractivity contribution in [1.29, 1.82) is 0 Å². The normalized spacial score (nSPS) is 11.2. The van der Waals surface area contributed by atoms with Gasteiger partial charge in [0.1, 0.15) is 6.61 Å². The average Bonchev–Trinajstić information content (AvgIpc) is 2.88. The van der Waals surface area contributed by atoms with Crippen LogP contribution in [0, 0.1) is 0 Å². The fourth-order valence-corrected chi connectivity index (χ4v) is 4.13. The minimum absolute atomic E-state index is 0.0843. The van der Waals surface area contributed by atoms with Gasteiger partial charge < -0.3 is 24.1 Å². The van der Waals surface area contributed by atoms with Crippen LogP contribution < -0.4 is 0 Å². The van der Waals surface area contributed by atoms with Crippen molar-refractivity contribution in [3.05, 3.63) is 0 Å². The topological polar surface area (TPSA) is 91.3 Å². The van der Waals surface area contributed by atoms with Crippen LogP contribution in [0.15, 0.2) is 0 Å². The van der Waals surface area contributed by atoms with Gasteiger partial charge in [-0.3, -0.25) is 9.59 Å². The molecule has 220 valence electrons. The van der Waals surface area contributed by atoms with Gasteiger partial charge in [-0.1, -0.05) is 103 Å². The molecule has 0 atom stereocenters. The van der Waals surface area contributed by atoms with Gasteiger partial charge in [0.2, 0.25) is 0 Å². The third-order valence-corrected chi connectivity index (χ3v) is 6.40. The zero-order chi connectivity index (χ0) is 27.1. The molecule has 0 bridgehead atoms. The summed E-state index contributed by atoms with van der Waals surface area (Å²) in [4.78, 5) is 21.9. The van der Waals surface area contributed by atoms with E-state index in [0.29, 0.717) is 45.9 Å². The standard InChI is InChI=1S/C30H58O7/c1-2-3-4-5-6-7-8-9-10-11-12-13-14-15-16-19-22-34-23-24-35-25-26-36-27-28-37-30(33)21-18-17-20-29(31)32/h2-28H2,1H3,(H,31,32). The van der Waals surface area contributed by atoms with Gasteiger partial charge in [0.05, 0.1) is 33.0 Å². The Morgan fingerprint density at radius 2 is 0.838 bits per heavy atom. The Balaban J connectivity index is 3.09. The molecule has 0 aliphatic carbocycles. The molecule has 7 nitrogen and oxygen atoms in total. The van der Waals surface area contributed by atoms with Crippen LogP contribution in [-0.4, -0.2) is 63.3 Å². The van der Waals surface area contributed by atoms with Crippen LogP contribution in [0.5, 0.6) is 0 Å². The van der Waals surface area contributed by atoms with E-state index in [1.54, 1.807) is 0 Å². The zero-order valence-electron chi connectivity index (χ0n) is 24.0. The maximum absolute atomic E-state index is 11.5. The third-order valence-electron chi connectivity index (χ3n) is 6.40. The SMILES string of the molecule is CCCCCCCCCCCCCCCCCCOCCOCCOCCOC(=O)CCCCC(=O)O. The Morgan fingerprint density at radius 1 is 0.459 bits per heavy atom. The summed E-state index contributed by atoms with van der Waals surface area (Å²) in [5.41, 5.74) is 0. The van der Waals surface area contributed by atoms with E-state index in [9.17, 15) is 9.59 Å². The maximum Gasteiger partial charge on any atom is 0.305 e. The maximum atomic E-state index is 11.5. The summed E-state index contributed by atoms with van der Waals surface area (Å²) in [7, 11) is 0. The molecule has 0 amide bonds. The Morgan fingerprint density at radius 3 is 1.30 bits per heavy atom. The second-order valence-electron chi connectivity index (χ2n) is 9.96. The summed E-state index contributed by atoms with van der Waals surface area (Å²) in [6, 6.07) is 0. The highest BCUT2D eigenvalue weighted by Crippen LogP contribution is 2.13. The molecule has 0 aromatic carbocycles. The van der Waals surface area contributed by atoms with Crippen LogP contribution in [0.2, 0.25) is 0 Å². The molecule has 0 rings (SSSR count). The highest BCUT2D eigenvalue weighted by molar-refractivity contribution is 5.69. The first kappa shape index (κ1) is 35.8. The molecule has 0 aliphatic rings. The lowest BCUT2D eigenvalue weighted by Crippen LogP contribution is -2.14. The number of hydrogen-bond donors (Lipinski definition) is 1. The van der Waals surface area contributed by atoms with Crippen molar-refractivity contribution in [1.82, 2.24) is 0 Å². The lowest BCUT2D eigenvalue weighted by atomic mass is 10.0. The Labute approximate surface area is 227 Å². The van der Waals surface area contributed by atoms with Crippen LogP contribution in [0.1, 0.15) is 135 Å². The highest BCUT2D eigenvalue weighted by atomic mass is 16.6. The van der Waals surface area contributed by atoms with Crippen LogP contribution >= 0.6 is 0 Å². The average molecular weight is 531 g/mol. The van der Waals surface area contributed by atoms with Gasteiger partial charge in [-0.2, -0.15) is 0 Å². The van der Waals surface area contributed by atoms with Crippen molar-refractivity contribution in [3.63, 3.8) is 0 Å². The van der Waals surface area contributed by atoms with E-state index >= 15 is 0 Å². The molecule has 0 aromatic heterocycles. The Kier molecular flexibility index (Phi) is 30.1. The molecular weight excluding hydrogens is 472 g/mol. The molecular formula is C30H58O7. The van der Waals surface area contributed by atoms with Gasteiger partial charge >= 0.3 is 11.9 Å². The number of carbonyl (C=O) groups is 2. The van der Waals surface area contributed by atoms with Crippen LogP contribution in [0.25, 0.3) is 0 Å². The predicted molar refractivity (Wildman–Crippen MR) is 149 cm³/mol. The van der Waals surface area contributed by atoms with Gasteiger partial charge in [-0.25, -0.2) is 0 Å². The quantitative estimate of drug-likeness (QED) is 0.0733. The van der Waals surface area contributed by atoms with E-state index in [1.165, 1.54) is 96.3 Å². The minimum atomic E-state index is -0.842. The predicted octanol–water partition coefficient (Wildman–Crippen LogP) is 7.49. The van der Waals surface area contributed by atoms with Gasteiger partial charge in [0.15, 0.2) is 0 Å².